The molecule has 0 aliphatic heterocycles. The molecule has 0 aliphatic rings. The van der Waals surface area contributed by atoms with Crippen LogP contribution in [0, 0.1) is 17.5 Å². The molecule has 17 heavy (non-hydrogen) atoms. The van der Waals surface area contributed by atoms with Gasteiger partial charge in [0.05, 0.1) is 0 Å². The highest BCUT2D eigenvalue weighted by atomic mass is 32.2. The van der Waals surface area contributed by atoms with E-state index in [1.807, 2.05) is 4.72 Å². The zero-order valence-corrected chi connectivity index (χ0v) is 9.69. The van der Waals surface area contributed by atoms with Crippen LogP contribution in [0.25, 0.3) is 0 Å². The number of halogens is 3. The van der Waals surface area contributed by atoms with Crippen molar-refractivity contribution in [1.29, 1.82) is 0 Å². The van der Waals surface area contributed by atoms with Crippen molar-refractivity contribution in [1.82, 2.24) is 4.72 Å². The minimum atomic E-state index is -4.40. The highest BCUT2D eigenvalue weighted by Gasteiger charge is 2.26. The molecule has 0 spiro atoms. The molecular formula is C9H11F3N2O2S. The third kappa shape index (κ3) is 3.18. The van der Waals surface area contributed by atoms with Crippen LogP contribution in [0.2, 0.25) is 0 Å². The molecular weight excluding hydrogens is 257 g/mol. The van der Waals surface area contributed by atoms with Gasteiger partial charge in [0.1, 0.15) is 17.5 Å². The molecule has 96 valence electrons. The van der Waals surface area contributed by atoms with E-state index in [0.717, 1.165) is 0 Å². The van der Waals surface area contributed by atoms with Gasteiger partial charge in [-0.2, -0.15) is 0 Å². The standard InChI is InChI=1S/C9H11F3N2O2S/c1-5(4-13)14-17(15,16)9-7(11)2-6(10)3-8(9)12/h2-3,5,14H,4,13H2,1H3. The lowest BCUT2D eigenvalue weighted by Gasteiger charge is -2.13. The third-order valence-electron chi connectivity index (χ3n) is 1.94. The number of nitrogens with two attached hydrogens (primary N) is 1. The quantitative estimate of drug-likeness (QED) is 0.845. The molecule has 0 radical (unpaired) electrons. The van der Waals surface area contributed by atoms with Crippen molar-refractivity contribution in [2.24, 2.45) is 5.73 Å². The van der Waals surface area contributed by atoms with Crippen LogP contribution in [0.15, 0.2) is 17.0 Å². The highest BCUT2D eigenvalue weighted by Crippen LogP contribution is 2.20. The van der Waals surface area contributed by atoms with Crippen molar-refractivity contribution < 1.29 is 21.6 Å². The summed E-state index contributed by atoms with van der Waals surface area (Å²) in [7, 11) is -4.40. The van der Waals surface area contributed by atoms with E-state index in [9.17, 15) is 21.6 Å². The molecule has 1 atom stereocenters. The Hall–Kier alpha value is -1.12. The first-order valence-electron chi connectivity index (χ1n) is 4.65. The van der Waals surface area contributed by atoms with Gasteiger partial charge in [0.15, 0.2) is 4.90 Å². The van der Waals surface area contributed by atoms with Crippen LogP contribution in [0.5, 0.6) is 0 Å². The number of rotatable bonds is 4. The van der Waals surface area contributed by atoms with E-state index in [-0.39, 0.29) is 6.54 Å². The molecule has 0 aliphatic carbocycles. The van der Waals surface area contributed by atoms with Crippen molar-refractivity contribution in [2.45, 2.75) is 17.9 Å². The molecule has 0 saturated heterocycles. The second-order valence-electron chi connectivity index (χ2n) is 3.46. The lowest BCUT2D eigenvalue weighted by Crippen LogP contribution is -2.38. The third-order valence-corrected chi connectivity index (χ3v) is 3.58. The fraction of sp³-hybridized carbons (Fsp3) is 0.333. The maximum Gasteiger partial charge on any atom is 0.246 e. The predicted octanol–water partition coefficient (Wildman–Crippen LogP) is 0.729. The van der Waals surface area contributed by atoms with Crippen LogP contribution in [0.4, 0.5) is 13.2 Å². The summed E-state index contributed by atoms with van der Waals surface area (Å²) in [6, 6.07) is -0.0981. The van der Waals surface area contributed by atoms with Gasteiger partial charge in [-0.15, -0.1) is 0 Å². The summed E-state index contributed by atoms with van der Waals surface area (Å²) in [4.78, 5) is -1.21. The van der Waals surface area contributed by atoms with Crippen molar-refractivity contribution in [3.63, 3.8) is 0 Å². The molecule has 0 bridgehead atoms. The van der Waals surface area contributed by atoms with Crippen LogP contribution in [-0.2, 0) is 10.0 Å². The number of nitrogens with one attached hydrogen (secondary N) is 1. The Labute approximate surface area is 96.7 Å². The van der Waals surface area contributed by atoms with Crippen molar-refractivity contribution >= 4 is 10.0 Å². The zero-order valence-electron chi connectivity index (χ0n) is 8.88. The van der Waals surface area contributed by atoms with E-state index in [2.05, 4.69) is 0 Å². The smallest absolute Gasteiger partial charge is 0.246 e. The first kappa shape index (κ1) is 13.9. The minimum Gasteiger partial charge on any atom is -0.329 e. The topological polar surface area (TPSA) is 72.2 Å². The Bertz CT molecular complexity index is 496. The maximum absolute atomic E-state index is 13.2. The molecule has 1 aromatic rings. The Balaban J connectivity index is 3.25. The Morgan fingerprint density at radius 3 is 2.18 bits per heavy atom. The summed E-state index contributed by atoms with van der Waals surface area (Å²) in [6.07, 6.45) is 0. The van der Waals surface area contributed by atoms with Crippen LogP contribution >= 0.6 is 0 Å². The Morgan fingerprint density at radius 1 is 1.29 bits per heavy atom. The van der Waals surface area contributed by atoms with Crippen molar-refractivity contribution in [3.05, 3.63) is 29.6 Å². The van der Waals surface area contributed by atoms with Gasteiger partial charge in [-0.05, 0) is 6.92 Å². The largest absolute Gasteiger partial charge is 0.329 e. The molecule has 4 nitrogen and oxygen atoms in total. The molecule has 0 fully saturated rings. The molecule has 1 rings (SSSR count). The number of hydrogen-bond acceptors (Lipinski definition) is 3. The number of sulfonamides is 1. The summed E-state index contributed by atoms with van der Waals surface area (Å²) in [6.45, 7) is 1.39. The molecule has 0 amide bonds. The van der Waals surface area contributed by atoms with Crippen LogP contribution < -0.4 is 10.5 Å². The summed E-state index contributed by atoms with van der Waals surface area (Å²) in [5.41, 5.74) is 5.18. The van der Waals surface area contributed by atoms with E-state index in [1.54, 1.807) is 0 Å². The normalized spacial score (nSPS) is 13.7. The number of hydrogen-bond donors (Lipinski definition) is 2. The van der Waals surface area contributed by atoms with Crippen molar-refractivity contribution in [2.75, 3.05) is 6.54 Å². The monoisotopic (exact) mass is 268 g/mol. The maximum atomic E-state index is 13.2. The van der Waals surface area contributed by atoms with Gasteiger partial charge < -0.3 is 5.73 Å². The molecule has 8 heteroatoms. The zero-order chi connectivity index (χ0) is 13.2. The second-order valence-corrected chi connectivity index (χ2v) is 5.11. The first-order valence-corrected chi connectivity index (χ1v) is 6.13. The lowest BCUT2D eigenvalue weighted by molar-refractivity contribution is 0.490. The van der Waals surface area contributed by atoms with Gasteiger partial charge in [0.25, 0.3) is 0 Å². The highest BCUT2D eigenvalue weighted by molar-refractivity contribution is 7.89. The van der Waals surface area contributed by atoms with Crippen LogP contribution in [-0.4, -0.2) is 21.0 Å². The SMILES string of the molecule is CC(CN)NS(=O)(=O)c1c(F)cc(F)cc1F. The van der Waals surface area contributed by atoms with Crippen LogP contribution in [0.1, 0.15) is 6.92 Å². The molecule has 1 aromatic carbocycles. The fourth-order valence-electron chi connectivity index (χ4n) is 1.16. The average molecular weight is 268 g/mol. The van der Waals surface area contributed by atoms with Gasteiger partial charge in [-0.1, -0.05) is 0 Å². The lowest BCUT2D eigenvalue weighted by atomic mass is 10.3. The molecule has 3 N–H and O–H groups in total. The molecule has 0 saturated carbocycles. The predicted molar refractivity (Wildman–Crippen MR) is 55.2 cm³/mol. The number of benzene rings is 1. The van der Waals surface area contributed by atoms with Crippen LogP contribution in [0.3, 0.4) is 0 Å². The molecule has 0 heterocycles. The van der Waals surface area contributed by atoms with Gasteiger partial charge in [-0.3, -0.25) is 0 Å². The van der Waals surface area contributed by atoms with Crippen molar-refractivity contribution in [3.8, 4) is 0 Å². The Kier molecular flexibility index (Phi) is 4.12. The van der Waals surface area contributed by atoms with Gasteiger partial charge >= 0.3 is 0 Å². The first-order chi connectivity index (χ1) is 7.77. The summed E-state index contributed by atoms with van der Waals surface area (Å²) < 4.78 is 64.2. The Morgan fingerprint density at radius 2 is 1.76 bits per heavy atom. The van der Waals surface area contributed by atoms with Gasteiger partial charge in [0, 0.05) is 24.7 Å². The summed E-state index contributed by atoms with van der Waals surface area (Å²) in [5.74, 6) is -4.16. The molecule has 0 aromatic heterocycles. The summed E-state index contributed by atoms with van der Waals surface area (Å²) >= 11 is 0. The van der Waals surface area contributed by atoms with E-state index in [4.69, 9.17) is 5.73 Å². The van der Waals surface area contributed by atoms with Gasteiger partial charge in [-0.25, -0.2) is 26.3 Å². The van der Waals surface area contributed by atoms with E-state index >= 15 is 0 Å². The average Bonchev–Trinajstić information content (AvgIpc) is 2.14. The summed E-state index contributed by atoms with van der Waals surface area (Å²) in [5, 5.41) is 0. The van der Waals surface area contributed by atoms with E-state index < -0.39 is 38.4 Å². The van der Waals surface area contributed by atoms with Gasteiger partial charge in [0.2, 0.25) is 10.0 Å². The fourth-order valence-corrected chi connectivity index (χ4v) is 2.53. The minimum absolute atomic E-state index is 0.0380. The molecule has 1 unspecified atom stereocenters. The second kappa shape index (κ2) is 5.03. The van der Waals surface area contributed by atoms with E-state index in [1.165, 1.54) is 6.92 Å². The van der Waals surface area contributed by atoms with E-state index in [0.29, 0.717) is 12.1 Å².